The van der Waals surface area contributed by atoms with Crippen molar-refractivity contribution >= 4 is 16.1 Å². The van der Waals surface area contributed by atoms with Crippen LogP contribution in [0.4, 0.5) is 4.79 Å². The van der Waals surface area contributed by atoms with Crippen molar-refractivity contribution in [2.75, 3.05) is 32.8 Å². The molecule has 1 saturated carbocycles. The maximum absolute atomic E-state index is 14.0. The fraction of sp³-hybridized carbons (Fsp3) is 0.567. The number of piperidine rings is 1. The monoisotopic (exact) mass is 539 g/mol. The number of ether oxygens (including phenoxy) is 1. The summed E-state index contributed by atoms with van der Waals surface area (Å²) in [7, 11) is -3.80. The minimum absolute atomic E-state index is 0.0656. The second-order valence-corrected chi connectivity index (χ2v) is 12.9. The maximum Gasteiger partial charge on any atom is 0.409 e. The van der Waals surface area contributed by atoms with Crippen molar-refractivity contribution in [3.8, 4) is 0 Å². The lowest BCUT2D eigenvalue weighted by Gasteiger charge is -2.42. The first-order chi connectivity index (χ1) is 18.4. The van der Waals surface area contributed by atoms with Gasteiger partial charge in [0.1, 0.15) is 6.61 Å². The highest BCUT2D eigenvalue weighted by atomic mass is 32.2. The Hall–Kier alpha value is -2.42. The van der Waals surface area contributed by atoms with Crippen molar-refractivity contribution in [1.29, 1.82) is 0 Å². The summed E-state index contributed by atoms with van der Waals surface area (Å²) < 4.78 is 35.4. The predicted octanol–water partition coefficient (Wildman–Crippen LogP) is 5.37. The summed E-state index contributed by atoms with van der Waals surface area (Å²) in [6, 6.07) is 16.8. The van der Waals surface area contributed by atoms with E-state index in [1.807, 2.05) is 49.4 Å². The highest BCUT2D eigenvalue weighted by Gasteiger charge is 2.41. The molecule has 2 aromatic carbocycles. The van der Waals surface area contributed by atoms with Crippen LogP contribution in [0.1, 0.15) is 68.5 Å². The van der Waals surface area contributed by atoms with E-state index in [2.05, 4.69) is 4.90 Å². The van der Waals surface area contributed by atoms with Gasteiger partial charge >= 0.3 is 6.09 Å². The van der Waals surface area contributed by atoms with E-state index < -0.39 is 16.1 Å². The number of hydrogen-bond acceptors (Lipinski definition) is 5. The Morgan fingerprint density at radius 2 is 1.53 bits per heavy atom. The van der Waals surface area contributed by atoms with Crippen LogP contribution in [-0.2, 0) is 14.8 Å². The molecule has 2 heterocycles. The average molecular weight is 540 g/mol. The van der Waals surface area contributed by atoms with E-state index in [9.17, 15) is 13.2 Å². The number of carbonyl (C=O) groups is 1. The summed E-state index contributed by atoms with van der Waals surface area (Å²) >= 11 is 0. The van der Waals surface area contributed by atoms with Crippen molar-refractivity contribution < 1.29 is 17.9 Å². The zero-order valence-electron chi connectivity index (χ0n) is 22.5. The molecule has 0 bridgehead atoms. The summed E-state index contributed by atoms with van der Waals surface area (Å²) in [5, 5.41) is 0. The fourth-order valence-electron chi connectivity index (χ4n) is 6.37. The first-order valence-corrected chi connectivity index (χ1v) is 15.7. The van der Waals surface area contributed by atoms with E-state index in [0.29, 0.717) is 25.6 Å². The molecule has 3 fully saturated rings. The summed E-state index contributed by atoms with van der Waals surface area (Å²) in [6.45, 7) is 5.11. The third kappa shape index (κ3) is 6.08. The summed E-state index contributed by atoms with van der Waals surface area (Å²) in [5.41, 5.74) is 1.98. The van der Waals surface area contributed by atoms with Crippen LogP contribution in [0.25, 0.3) is 0 Å². The number of sulfonamides is 1. The van der Waals surface area contributed by atoms with Crippen molar-refractivity contribution in [2.45, 2.75) is 81.3 Å². The molecule has 2 saturated heterocycles. The zero-order chi connectivity index (χ0) is 26.5. The number of aryl methyl sites for hydroxylation is 1. The van der Waals surface area contributed by atoms with E-state index in [4.69, 9.17) is 4.74 Å². The third-order valence-corrected chi connectivity index (χ3v) is 10.5. The second kappa shape index (κ2) is 12.2. The Balaban J connectivity index is 1.28. The topological polar surface area (TPSA) is 70.2 Å². The average Bonchev–Trinajstić information content (AvgIpc) is 2.97. The first kappa shape index (κ1) is 27.2. The quantitative estimate of drug-likeness (QED) is 0.494. The van der Waals surface area contributed by atoms with E-state index in [0.717, 1.165) is 37.1 Å². The summed E-state index contributed by atoms with van der Waals surface area (Å²) in [6.07, 6.45) is 8.43. The van der Waals surface area contributed by atoms with Gasteiger partial charge in [-0.3, -0.25) is 4.90 Å². The summed E-state index contributed by atoms with van der Waals surface area (Å²) in [4.78, 5) is 17.7. The lowest BCUT2D eigenvalue weighted by atomic mass is 9.93. The van der Waals surface area contributed by atoms with Gasteiger partial charge in [0, 0.05) is 32.2 Å². The van der Waals surface area contributed by atoms with Crippen LogP contribution in [0, 0.1) is 6.92 Å². The van der Waals surface area contributed by atoms with E-state index in [1.165, 1.54) is 32.1 Å². The Morgan fingerprint density at radius 1 is 0.842 bits per heavy atom. The molecule has 1 amide bonds. The SMILES string of the molecule is Cc1ccc(S(=O)(=O)N2C(c3ccccc3)CCC[C@@H]2COC(=O)N2CCN(C3CCCCC3)CC2)cc1. The largest absolute Gasteiger partial charge is 0.448 e. The van der Waals surface area contributed by atoms with Crippen LogP contribution in [0.5, 0.6) is 0 Å². The molecule has 1 aliphatic carbocycles. The number of carbonyl (C=O) groups excluding carboxylic acids is 1. The van der Waals surface area contributed by atoms with Crippen molar-refractivity contribution in [3.63, 3.8) is 0 Å². The molecule has 0 radical (unpaired) electrons. The molecule has 206 valence electrons. The number of benzene rings is 2. The Morgan fingerprint density at radius 3 is 2.21 bits per heavy atom. The molecule has 8 heteroatoms. The molecule has 38 heavy (non-hydrogen) atoms. The Bertz CT molecular complexity index is 1160. The van der Waals surface area contributed by atoms with Gasteiger partial charge in [0.05, 0.1) is 17.0 Å². The molecule has 0 aromatic heterocycles. The molecular weight excluding hydrogens is 498 g/mol. The van der Waals surface area contributed by atoms with Gasteiger partial charge < -0.3 is 9.64 Å². The standard InChI is InChI=1S/C30H41N3O4S/c1-24-15-17-28(18-16-24)38(35,36)33-27(13-8-14-29(33)25-9-4-2-5-10-25)23-37-30(34)32-21-19-31(20-22-32)26-11-6-3-7-12-26/h2,4-5,9-10,15-18,26-27,29H,3,6-8,11-14,19-23H2,1H3/t27-,29?/m1/s1. The Labute approximate surface area is 227 Å². The van der Waals surface area contributed by atoms with E-state index in [-0.39, 0.29) is 23.6 Å². The lowest BCUT2D eigenvalue weighted by Crippen LogP contribution is -2.53. The number of nitrogens with zero attached hydrogens (tertiary/aromatic N) is 3. The molecule has 2 atom stereocenters. The number of rotatable bonds is 6. The second-order valence-electron chi connectivity index (χ2n) is 11.1. The zero-order valence-corrected chi connectivity index (χ0v) is 23.3. The van der Waals surface area contributed by atoms with Crippen LogP contribution in [-0.4, -0.2) is 73.5 Å². The van der Waals surface area contributed by atoms with Gasteiger partial charge in [0.2, 0.25) is 10.0 Å². The van der Waals surface area contributed by atoms with Crippen LogP contribution in [0.15, 0.2) is 59.5 Å². The molecule has 1 unspecified atom stereocenters. The van der Waals surface area contributed by atoms with E-state index in [1.54, 1.807) is 21.3 Å². The van der Waals surface area contributed by atoms with Gasteiger partial charge in [-0.05, 0) is 56.7 Å². The maximum atomic E-state index is 14.0. The first-order valence-electron chi connectivity index (χ1n) is 14.2. The van der Waals surface area contributed by atoms with Crippen molar-refractivity contribution in [1.82, 2.24) is 14.1 Å². The normalized spacial score (nSPS) is 24.3. The minimum atomic E-state index is -3.80. The number of amides is 1. The third-order valence-electron chi connectivity index (χ3n) is 8.53. The Kier molecular flexibility index (Phi) is 8.71. The van der Waals surface area contributed by atoms with Crippen molar-refractivity contribution in [3.05, 3.63) is 65.7 Å². The molecule has 2 aliphatic heterocycles. The van der Waals surface area contributed by atoms with Gasteiger partial charge in [-0.25, -0.2) is 13.2 Å². The molecule has 0 spiro atoms. The smallest absolute Gasteiger partial charge is 0.409 e. The van der Waals surface area contributed by atoms with Crippen LogP contribution in [0.2, 0.25) is 0 Å². The highest BCUT2D eigenvalue weighted by Crippen LogP contribution is 2.39. The van der Waals surface area contributed by atoms with Crippen LogP contribution < -0.4 is 0 Å². The molecule has 5 rings (SSSR count). The molecular formula is C30H41N3O4S. The van der Waals surface area contributed by atoms with Crippen molar-refractivity contribution in [2.24, 2.45) is 0 Å². The van der Waals surface area contributed by atoms with Gasteiger partial charge in [-0.15, -0.1) is 0 Å². The van der Waals surface area contributed by atoms with Gasteiger partial charge in [-0.1, -0.05) is 67.3 Å². The van der Waals surface area contributed by atoms with E-state index >= 15 is 0 Å². The van der Waals surface area contributed by atoms with Crippen LogP contribution >= 0.6 is 0 Å². The number of piperazine rings is 1. The lowest BCUT2D eigenvalue weighted by molar-refractivity contribution is 0.0382. The van der Waals surface area contributed by atoms with Gasteiger partial charge in [0.15, 0.2) is 0 Å². The number of hydrogen-bond donors (Lipinski definition) is 0. The van der Waals surface area contributed by atoms with Gasteiger partial charge in [0.25, 0.3) is 0 Å². The predicted molar refractivity (Wildman–Crippen MR) is 148 cm³/mol. The molecule has 7 nitrogen and oxygen atoms in total. The fourth-order valence-corrected chi connectivity index (χ4v) is 8.22. The minimum Gasteiger partial charge on any atom is -0.448 e. The molecule has 2 aromatic rings. The highest BCUT2D eigenvalue weighted by molar-refractivity contribution is 7.89. The molecule has 3 aliphatic rings. The van der Waals surface area contributed by atoms with Gasteiger partial charge in [-0.2, -0.15) is 4.31 Å². The summed E-state index contributed by atoms with van der Waals surface area (Å²) in [5.74, 6) is 0. The molecule has 0 N–H and O–H groups in total. The van der Waals surface area contributed by atoms with Crippen LogP contribution in [0.3, 0.4) is 0 Å².